The van der Waals surface area contributed by atoms with Crippen LogP contribution in [0.15, 0.2) is 22.7 Å². The highest BCUT2D eigenvalue weighted by atomic mass is 79.9. The highest BCUT2D eigenvalue weighted by Gasteiger charge is 2.70. The zero-order chi connectivity index (χ0) is 20.1. The summed E-state index contributed by atoms with van der Waals surface area (Å²) in [6.07, 6.45) is 0.0560. The Kier molecular flexibility index (Phi) is 5.01. The van der Waals surface area contributed by atoms with Gasteiger partial charge in [-0.25, -0.2) is 14.2 Å². The van der Waals surface area contributed by atoms with Crippen molar-refractivity contribution in [2.24, 2.45) is 5.92 Å². The molecule has 0 aromatic heterocycles. The molecule has 1 aliphatic carbocycles. The van der Waals surface area contributed by atoms with Crippen LogP contribution < -0.4 is 0 Å². The summed E-state index contributed by atoms with van der Waals surface area (Å²) in [6.45, 7) is 5.53. The van der Waals surface area contributed by atoms with E-state index in [-0.39, 0.29) is 24.2 Å². The molecule has 0 N–H and O–H groups in total. The number of halogens is 2. The number of carbonyl (C=O) groups excluding carboxylic acids is 2. The van der Waals surface area contributed by atoms with Crippen LogP contribution in [0, 0.1) is 11.7 Å². The number of piperidine rings is 1. The molecule has 1 aliphatic heterocycles. The molecular formula is C19H24BrFN2O4. The van der Waals surface area contributed by atoms with Crippen molar-refractivity contribution in [1.29, 1.82) is 0 Å². The molecule has 2 amide bonds. The Labute approximate surface area is 166 Å². The SMILES string of the molecule is CON(C)C(=O)[C@H]1C2C[C@]2(c2cc(Br)ccc2F)CN1C(=O)OC(C)(C)C. The molecule has 1 saturated carbocycles. The number of likely N-dealkylation sites (N-methyl/N-ethyl adjacent to an activating group) is 1. The van der Waals surface area contributed by atoms with Crippen LogP contribution in [0.25, 0.3) is 0 Å². The minimum absolute atomic E-state index is 0.182. The van der Waals surface area contributed by atoms with E-state index in [1.807, 2.05) is 0 Å². The van der Waals surface area contributed by atoms with Gasteiger partial charge in [0.05, 0.1) is 7.11 Å². The van der Waals surface area contributed by atoms with Gasteiger partial charge in [0.1, 0.15) is 17.5 Å². The molecular weight excluding hydrogens is 419 g/mol. The van der Waals surface area contributed by atoms with Gasteiger partial charge in [0.25, 0.3) is 5.91 Å². The average Bonchev–Trinajstić information content (AvgIpc) is 3.20. The van der Waals surface area contributed by atoms with Gasteiger partial charge >= 0.3 is 6.09 Å². The fourth-order valence-electron chi connectivity index (χ4n) is 3.90. The quantitative estimate of drug-likeness (QED) is 0.672. The third-order valence-corrected chi connectivity index (χ3v) is 5.73. The number of hydrogen-bond donors (Lipinski definition) is 0. The van der Waals surface area contributed by atoms with Gasteiger partial charge in [-0.05, 0) is 51.0 Å². The number of fused-ring (bicyclic) bond motifs is 1. The molecule has 0 bridgehead atoms. The number of carbonyl (C=O) groups is 2. The third-order valence-electron chi connectivity index (χ3n) is 5.23. The Morgan fingerprint density at radius 1 is 1.37 bits per heavy atom. The fraction of sp³-hybridized carbons (Fsp3) is 0.579. The monoisotopic (exact) mass is 442 g/mol. The van der Waals surface area contributed by atoms with Crippen LogP contribution in [-0.2, 0) is 19.8 Å². The molecule has 1 aromatic rings. The van der Waals surface area contributed by atoms with Crippen LogP contribution >= 0.6 is 15.9 Å². The largest absolute Gasteiger partial charge is 0.444 e. The summed E-state index contributed by atoms with van der Waals surface area (Å²) in [5, 5.41) is 1.10. The number of nitrogens with zero attached hydrogens (tertiary/aromatic N) is 2. The second-order valence-corrected chi connectivity index (χ2v) is 9.08. The maximum atomic E-state index is 14.6. The molecule has 0 radical (unpaired) electrons. The van der Waals surface area contributed by atoms with E-state index in [1.54, 1.807) is 32.9 Å². The van der Waals surface area contributed by atoms with E-state index in [4.69, 9.17) is 9.57 Å². The van der Waals surface area contributed by atoms with Gasteiger partial charge in [-0.2, -0.15) is 0 Å². The second kappa shape index (κ2) is 6.74. The first kappa shape index (κ1) is 20.1. The fourth-order valence-corrected chi connectivity index (χ4v) is 4.26. The minimum atomic E-state index is -0.747. The Morgan fingerprint density at radius 2 is 2.04 bits per heavy atom. The number of amides is 2. The summed E-state index contributed by atoms with van der Waals surface area (Å²) in [5.74, 6) is -0.861. The zero-order valence-corrected chi connectivity index (χ0v) is 17.7. The summed E-state index contributed by atoms with van der Waals surface area (Å²) in [7, 11) is 2.89. The van der Waals surface area contributed by atoms with Crippen molar-refractivity contribution in [2.75, 3.05) is 20.7 Å². The molecule has 3 atom stereocenters. The van der Waals surface area contributed by atoms with Crippen LogP contribution in [0.2, 0.25) is 0 Å². The van der Waals surface area contributed by atoms with Gasteiger partial charge in [-0.15, -0.1) is 0 Å². The first-order valence-corrected chi connectivity index (χ1v) is 9.56. The van der Waals surface area contributed by atoms with Gasteiger partial charge in [0.15, 0.2) is 0 Å². The maximum Gasteiger partial charge on any atom is 0.411 e. The highest BCUT2D eigenvalue weighted by Crippen LogP contribution is 2.63. The Balaban J connectivity index is 1.97. The number of rotatable bonds is 3. The number of hydroxylamine groups is 2. The molecule has 1 saturated heterocycles. The lowest BCUT2D eigenvalue weighted by atomic mass is 9.93. The summed E-state index contributed by atoms with van der Waals surface area (Å²) in [4.78, 5) is 32.1. The van der Waals surface area contributed by atoms with Gasteiger partial charge in [-0.1, -0.05) is 15.9 Å². The van der Waals surface area contributed by atoms with E-state index in [9.17, 15) is 14.0 Å². The van der Waals surface area contributed by atoms with Gasteiger partial charge in [0.2, 0.25) is 0 Å². The number of benzene rings is 1. The van der Waals surface area contributed by atoms with Crippen molar-refractivity contribution in [1.82, 2.24) is 9.96 Å². The third kappa shape index (κ3) is 3.57. The molecule has 6 nitrogen and oxygen atoms in total. The van der Waals surface area contributed by atoms with E-state index in [0.29, 0.717) is 12.0 Å². The zero-order valence-electron chi connectivity index (χ0n) is 16.1. The van der Waals surface area contributed by atoms with Crippen molar-refractivity contribution in [3.63, 3.8) is 0 Å². The van der Waals surface area contributed by atoms with Gasteiger partial charge in [0, 0.05) is 29.4 Å². The van der Waals surface area contributed by atoms with E-state index in [1.165, 1.54) is 25.1 Å². The lowest BCUT2D eigenvalue weighted by Gasteiger charge is -2.31. The lowest BCUT2D eigenvalue weighted by Crippen LogP contribution is -2.50. The standard InChI is InChI=1S/C19H24BrFN2O4/c1-18(2,3)27-17(25)23-10-19(12-8-11(20)6-7-14(12)21)9-13(19)15(23)16(24)22(4)26-5/h6-8,13,15H,9-10H2,1-5H3/t13?,15-,19-/m1/s1. The first-order valence-electron chi connectivity index (χ1n) is 8.77. The molecule has 2 aliphatic rings. The van der Waals surface area contributed by atoms with E-state index in [2.05, 4.69) is 15.9 Å². The van der Waals surface area contributed by atoms with Gasteiger partial charge in [-0.3, -0.25) is 14.5 Å². The molecule has 8 heteroatoms. The van der Waals surface area contributed by atoms with E-state index < -0.39 is 23.2 Å². The lowest BCUT2D eigenvalue weighted by molar-refractivity contribution is -0.174. The highest BCUT2D eigenvalue weighted by molar-refractivity contribution is 9.10. The van der Waals surface area contributed by atoms with Gasteiger partial charge < -0.3 is 4.74 Å². The van der Waals surface area contributed by atoms with Crippen molar-refractivity contribution in [3.8, 4) is 0 Å². The van der Waals surface area contributed by atoms with Crippen LogP contribution in [0.5, 0.6) is 0 Å². The van der Waals surface area contributed by atoms with Crippen LogP contribution in [-0.4, -0.2) is 54.3 Å². The topological polar surface area (TPSA) is 59.1 Å². The van der Waals surface area contributed by atoms with E-state index >= 15 is 0 Å². The van der Waals surface area contributed by atoms with Crippen LogP contribution in [0.1, 0.15) is 32.8 Å². The molecule has 27 heavy (non-hydrogen) atoms. The Hall–Kier alpha value is -1.67. The van der Waals surface area contributed by atoms with Crippen LogP contribution in [0.4, 0.5) is 9.18 Å². The molecule has 148 valence electrons. The summed E-state index contributed by atoms with van der Waals surface area (Å²) in [5.41, 5.74) is -0.760. The maximum absolute atomic E-state index is 14.6. The summed E-state index contributed by atoms with van der Waals surface area (Å²) >= 11 is 3.38. The number of hydrogen-bond acceptors (Lipinski definition) is 4. The molecule has 1 aromatic carbocycles. The van der Waals surface area contributed by atoms with Crippen molar-refractivity contribution in [2.45, 2.75) is 44.2 Å². The normalized spacial score (nSPS) is 26.6. The molecule has 1 unspecified atom stereocenters. The molecule has 2 fully saturated rings. The van der Waals surface area contributed by atoms with Crippen LogP contribution in [0.3, 0.4) is 0 Å². The summed E-state index contributed by atoms with van der Waals surface area (Å²) in [6, 6.07) is 4.02. The summed E-state index contributed by atoms with van der Waals surface area (Å²) < 4.78 is 20.8. The first-order chi connectivity index (χ1) is 12.5. The smallest absolute Gasteiger partial charge is 0.411 e. The molecule has 0 spiro atoms. The Bertz CT molecular complexity index is 781. The minimum Gasteiger partial charge on any atom is -0.444 e. The predicted molar refractivity (Wildman–Crippen MR) is 100 cm³/mol. The van der Waals surface area contributed by atoms with Crippen molar-refractivity contribution >= 4 is 27.9 Å². The molecule has 1 heterocycles. The number of likely N-dealkylation sites (tertiary alicyclic amines) is 1. The van der Waals surface area contributed by atoms with Crippen molar-refractivity contribution < 1.29 is 23.6 Å². The van der Waals surface area contributed by atoms with E-state index in [0.717, 1.165) is 9.54 Å². The molecule has 3 rings (SSSR count). The van der Waals surface area contributed by atoms with Crippen molar-refractivity contribution in [3.05, 3.63) is 34.1 Å². The average molecular weight is 443 g/mol. The predicted octanol–water partition coefficient (Wildman–Crippen LogP) is 3.49. The second-order valence-electron chi connectivity index (χ2n) is 8.16. The Morgan fingerprint density at radius 3 is 2.63 bits per heavy atom. The number of ether oxygens (including phenoxy) is 1.